The fourth-order valence-electron chi connectivity index (χ4n) is 3.55. The summed E-state index contributed by atoms with van der Waals surface area (Å²) >= 11 is 0. The summed E-state index contributed by atoms with van der Waals surface area (Å²) in [6.07, 6.45) is 4.80. The maximum absolute atomic E-state index is 12.9. The van der Waals surface area contributed by atoms with Gasteiger partial charge in [0.15, 0.2) is 6.10 Å². The van der Waals surface area contributed by atoms with Crippen molar-refractivity contribution in [3.05, 3.63) is 0 Å². The Morgan fingerprint density at radius 2 is 1.88 bits per heavy atom. The molecule has 1 saturated carbocycles. The fourth-order valence-corrected chi connectivity index (χ4v) is 3.55. The van der Waals surface area contributed by atoms with Crippen LogP contribution in [0.25, 0.3) is 0 Å². The Balaban J connectivity index is 2.00. The van der Waals surface area contributed by atoms with Gasteiger partial charge in [-0.3, -0.25) is 4.79 Å². The van der Waals surface area contributed by atoms with Crippen LogP contribution >= 0.6 is 0 Å². The van der Waals surface area contributed by atoms with Crippen molar-refractivity contribution >= 4 is 12.0 Å². The first-order chi connectivity index (χ1) is 12.5. The molecule has 2 aliphatic rings. The van der Waals surface area contributed by atoms with Crippen molar-refractivity contribution in [2.45, 2.75) is 64.5 Å². The van der Waals surface area contributed by atoms with Gasteiger partial charge in [0.25, 0.3) is 5.91 Å². The molecule has 1 aliphatic carbocycles. The van der Waals surface area contributed by atoms with E-state index in [-0.39, 0.29) is 11.8 Å². The normalized spacial score (nSPS) is 20.9. The first-order valence-electron chi connectivity index (χ1n) is 9.74. The van der Waals surface area contributed by atoms with E-state index < -0.39 is 18.2 Å². The van der Waals surface area contributed by atoms with Gasteiger partial charge < -0.3 is 19.7 Å². The molecular weight excluding hydrogens is 334 g/mol. The molecule has 0 spiro atoms. The highest BCUT2D eigenvalue weighted by Crippen LogP contribution is 2.28. The Kier molecular flexibility index (Phi) is 8.17. The van der Waals surface area contributed by atoms with Crippen LogP contribution in [0.5, 0.6) is 0 Å². The molecule has 0 radical (unpaired) electrons. The van der Waals surface area contributed by atoms with Crippen molar-refractivity contribution < 1.29 is 19.1 Å². The van der Waals surface area contributed by atoms with E-state index >= 15 is 0 Å². The highest BCUT2D eigenvalue weighted by Gasteiger charge is 2.32. The number of morpholine rings is 1. The summed E-state index contributed by atoms with van der Waals surface area (Å²) in [6.45, 7) is 5.78. The number of hydrogen-bond acceptors (Lipinski definition) is 5. The number of amides is 2. The van der Waals surface area contributed by atoms with Crippen molar-refractivity contribution in [1.82, 2.24) is 10.2 Å². The largest absolute Gasteiger partial charge is 0.436 e. The number of carbonyl (C=O) groups is 2. The van der Waals surface area contributed by atoms with Gasteiger partial charge in [-0.15, -0.1) is 0 Å². The van der Waals surface area contributed by atoms with E-state index in [1.54, 1.807) is 4.90 Å². The van der Waals surface area contributed by atoms with Crippen LogP contribution in [-0.2, 0) is 14.3 Å². The third-order valence-electron chi connectivity index (χ3n) is 5.20. The van der Waals surface area contributed by atoms with Crippen LogP contribution in [0.2, 0.25) is 0 Å². The molecule has 0 unspecified atom stereocenters. The summed E-state index contributed by atoms with van der Waals surface area (Å²) in [5.41, 5.74) is 0. The third-order valence-corrected chi connectivity index (χ3v) is 5.20. The first kappa shape index (κ1) is 20.5. The predicted molar refractivity (Wildman–Crippen MR) is 96.2 cm³/mol. The third kappa shape index (κ3) is 6.17. The zero-order chi connectivity index (χ0) is 18.9. The molecule has 2 fully saturated rings. The van der Waals surface area contributed by atoms with Gasteiger partial charge in [0.2, 0.25) is 0 Å². The maximum atomic E-state index is 12.9. The van der Waals surface area contributed by atoms with Crippen LogP contribution in [0.3, 0.4) is 0 Å². The van der Waals surface area contributed by atoms with Crippen molar-refractivity contribution in [3.63, 3.8) is 0 Å². The van der Waals surface area contributed by atoms with Gasteiger partial charge in [-0.1, -0.05) is 46.0 Å². The van der Waals surface area contributed by atoms with Crippen molar-refractivity contribution in [2.24, 2.45) is 11.8 Å². The number of alkyl carbamates (subject to hydrolysis) is 1. The fraction of sp³-hybridized carbons (Fsp3) is 0.842. The summed E-state index contributed by atoms with van der Waals surface area (Å²) in [5, 5.41) is 11.7. The first-order valence-corrected chi connectivity index (χ1v) is 9.74. The smallest absolute Gasteiger partial charge is 0.408 e. The monoisotopic (exact) mass is 365 g/mol. The molecule has 26 heavy (non-hydrogen) atoms. The molecule has 1 heterocycles. The van der Waals surface area contributed by atoms with Crippen LogP contribution in [0.4, 0.5) is 4.79 Å². The van der Waals surface area contributed by atoms with Gasteiger partial charge in [0.1, 0.15) is 6.04 Å². The van der Waals surface area contributed by atoms with Gasteiger partial charge in [-0.2, -0.15) is 5.26 Å². The van der Waals surface area contributed by atoms with E-state index in [2.05, 4.69) is 11.4 Å². The molecule has 1 N–H and O–H groups in total. The van der Waals surface area contributed by atoms with E-state index in [9.17, 15) is 9.59 Å². The minimum atomic E-state index is -0.789. The number of hydrogen-bond donors (Lipinski definition) is 1. The molecule has 0 aromatic rings. The van der Waals surface area contributed by atoms with E-state index in [4.69, 9.17) is 14.7 Å². The average Bonchev–Trinajstić information content (AvgIpc) is 2.66. The van der Waals surface area contributed by atoms with Gasteiger partial charge in [-0.25, -0.2) is 4.79 Å². The number of nitrogens with one attached hydrogen (secondary N) is 1. The van der Waals surface area contributed by atoms with Gasteiger partial charge in [-0.05, 0) is 18.3 Å². The summed E-state index contributed by atoms with van der Waals surface area (Å²) in [4.78, 5) is 26.9. The molecule has 0 aromatic heterocycles. The maximum Gasteiger partial charge on any atom is 0.408 e. The second-order valence-electron chi connectivity index (χ2n) is 7.57. The zero-order valence-electron chi connectivity index (χ0n) is 15.9. The quantitative estimate of drug-likeness (QED) is 0.781. The number of ether oxygens (including phenoxy) is 2. The minimum absolute atomic E-state index is 0.0284. The summed E-state index contributed by atoms with van der Waals surface area (Å²) in [5.74, 6) is 0.231. The van der Waals surface area contributed by atoms with E-state index in [1.807, 2.05) is 13.8 Å². The molecule has 0 aromatic carbocycles. The second kappa shape index (κ2) is 10.4. The lowest BCUT2D eigenvalue weighted by Crippen LogP contribution is -2.49. The Hall–Kier alpha value is -1.81. The highest BCUT2D eigenvalue weighted by atomic mass is 16.6. The Bertz CT molecular complexity index is 505. The Morgan fingerprint density at radius 1 is 1.23 bits per heavy atom. The van der Waals surface area contributed by atoms with Crippen molar-refractivity contribution in [3.8, 4) is 6.07 Å². The number of nitrogens with zero attached hydrogens (tertiary/aromatic N) is 2. The van der Waals surface area contributed by atoms with Crippen LogP contribution in [0.1, 0.15) is 52.4 Å². The lowest BCUT2D eigenvalue weighted by molar-refractivity contribution is -0.145. The number of rotatable bonds is 6. The molecule has 2 amide bonds. The van der Waals surface area contributed by atoms with Crippen LogP contribution in [0, 0.1) is 23.2 Å². The van der Waals surface area contributed by atoms with Crippen molar-refractivity contribution in [2.75, 3.05) is 26.3 Å². The van der Waals surface area contributed by atoms with Crippen LogP contribution in [0.15, 0.2) is 0 Å². The summed E-state index contributed by atoms with van der Waals surface area (Å²) < 4.78 is 10.8. The molecule has 1 saturated heterocycles. The molecule has 7 heteroatoms. The van der Waals surface area contributed by atoms with Gasteiger partial charge in [0, 0.05) is 13.1 Å². The molecule has 2 rings (SSSR count). The summed E-state index contributed by atoms with van der Waals surface area (Å²) in [6, 6.07) is 1.43. The number of nitriles is 1. The molecule has 7 nitrogen and oxygen atoms in total. The SMILES string of the molecule is CC(C)[C@@H](C#N)NC(=O)O[C@@H](CC1CCCCC1)C(=O)N1CCOCC1. The Morgan fingerprint density at radius 3 is 2.46 bits per heavy atom. The lowest BCUT2D eigenvalue weighted by atomic mass is 9.85. The van der Waals surface area contributed by atoms with Gasteiger partial charge in [0.05, 0.1) is 19.3 Å². The number of carbonyl (C=O) groups excluding carboxylic acids is 2. The molecular formula is C19H31N3O4. The molecule has 1 aliphatic heterocycles. The summed E-state index contributed by atoms with van der Waals surface area (Å²) in [7, 11) is 0. The zero-order valence-corrected chi connectivity index (χ0v) is 15.9. The topological polar surface area (TPSA) is 91.7 Å². The molecule has 146 valence electrons. The Labute approximate surface area is 156 Å². The molecule has 2 atom stereocenters. The minimum Gasteiger partial charge on any atom is -0.436 e. The average molecular weight is 365 g/mol. The van der Waals surface area contributed by atoms with Gasteiger partial charge >= 0.3 is 6.09 Å². The predicted octanol–water partition coefficient (Wildman–Crippen LogP) is 2.46. The van der Waals surface area contributed by atoms with Crippen molar-refractivity contribution in [1.29, 1.82) is 5.26 Å². The van der Waals surface area contributed by atoms with E-state index in [0.717, 1.165) is 12.8 Å². The highest BCUT2D eigenvalue weighted by molar-refractivity contribution is 5.83. The molecule has 0 bridgehead atoms. The van der Waals surface area contributed by atoms with E-state index in [1.165, 1.54) is 19.3 Å². The van der Waals surface area contributed by atoms with Crippen LogP contribution < -0.4 is 5.32 Å². The van der Waals surface area contributed by atoms with E-state index in [0.29, 0.717) is 38.6 Å². The standard InChI is InChI=1S/C19H31N3O4/c1-14(2)16(13-20)21-19(24)26-17(12-15-6-4-3-5-7-15)18(23)22-8-10-25-11-9-22/h14-17H,3-12H2,1-2H3,(H,21,24)/t16-,17+/m1/s1. The second-order valence-corrected chi connectivity index (χ2v) is 7.57. The van der Waals surface area contributed by atoms with Crippen LogP contribution in [-0.4, -0.2) is 55.3 Å². The lowest BCUT2D eigenvalue weighted by Gasteiger charge is -2.32.